The lowest BCUT2D eigenvalue weighted by Crippen LogP contribution is -2.25. The predicted molar refractivity (Wildman–Crippen MR) is 145 cm³/mol. The number of halogens is 1. The molecule has 0 saturated heterocycles. The van der Waals surface area contributed by atoms with Crippen LogP contribution in [-0.2, 0) is 6.42 Å². The number of nitrogens with zero attached hydrogens (tertiary/aromatic N) is 4. The fraction of sp³-hybridized carbons (Fsp3) is 0.357. The molecule has 36 heavy (non-hydrogen) atoms. The molecule has 0 spiro atoms. The molecular weight excluding hydrogens is 520 g/mol. The van der Waals surface area contributed by atoms with Gasteiger partial charge < -0.3 is 9.47 Å². The summed E-state index contributed by atoms with van der Waals surface area (Å²) in [4.78, 5) is 18.5. The van der Waals surface area contributed by atoms with Crippen LogP contribution in [0.1, 0.15) is 61.9 Å². The molecule has 0 amide bonds. The first-order valence-electron chi connectivity index (χ1n) is 12.2. The Kier molecular flexibility index (Phi) is 8.55. The van der Waals surface area contributed by atoms with E-state index in [9.17, 15) is 4.79 Å². The zero-order valence-corrected chi connectivity index (χ0v) is 22.0. The molecule has 1 aliphatic rings. The van der Waals surface area contributed by atoms with Gasteiger partial charge in [0.2, 0.25) is 0 Å². The van der Waals surface area contributed by atoms with Crippen molar-refractivity contribution in [3.8, 4) is 17.6 Å². The molecule has 1 heterocycles. The molecule has 1 aliphatic carbocycles. The largest absolute Gasteiger partial charge is 0.490 e. The van der Waals surface area contributed by atoms with Gasteiger partial charge in [-0.3, -0.25) is 4.79 Å². The number of benzene rings is 2. The highest BCUT2D eigenvalue weighted by atomic mass is 79.9. The molecule has 1 aromatic heterocycles. The number of allylic oxidation sites excluding steroid dienone is 1. The maximum Gasteiger partial charge on any atom is 0.282 e. The van der Waals surface area contributed by atoms with Crippen LogP contribution < -0.4 is 15.0 Å². The standard InChI is InChI=1S/C28H29BrN4O3/c1-3-8-21-15-19(16-25(35-4-2)26(21)36-14-13-30)18-31-33-27(20-9-6-5-7-10-20)32-24-12-11-22(29)17-23(24)28(33)34/h3,11-12,15-18,20H,1,4-10,14H2,2H3. The van der Waals surface area contributed by atoms with Gasteiger partial charge in [-0.25, -0.2) is 4.98 Å². The van der Waals surface area contributed by atoms with E-state index in [0.29, 0.717) is 41.3 Å². The van der Waals surface area contributed by atoms with Crippen LogP contribution >= 0.6 is 15.9 Å². The average Bonchev–Trinajstić information content (AvgIpc) is 2.89. The van der Waals surface area contributed by atoms with E-state index in [1.807, 2.05) is 37.3 Å². The summed E-state index contributed by atoms with van der Waals surface area (Å²) in [6.45, 7) is 6.07. The van der Waals surface area contributed by atoms with E-state index in [1.54, 1.807) is 18.4 Å². The molecule has 0 atom stereocenters. The smallest absolute Gasteiger partial charge is 0.282 e. The summed E-state index contributed by atoms with van der Waals surface area (Å²) in [5.41, 5.74) is 2.06. The fourth-order valence-electron chi connectivity index (χ4n) is 4.62. The Balaban J connectivity index is 1.83. The van der Waals surface area contributed by atoms with Crippen LogP contribution in [0.4, 0.5) is 0 Å². The lowest BCUT2D eigenvalue weighted by atomic mass is 9.88. The van der Waals surface area contributed by atoms with Gasteiger partial charge in [-0.05, 0) is 62.1 Å². The quantitative estimate of drug-likeness (QED) is 0.237. The number of nitriles is 1. The first-order chi connectivity index (χ1) is 17.5. The van der Waals surface area contributed by atoms with Crippen molar-refractivity contribution in [2.75, 3.05) is 13.2 Å². The maximum absolute atomic E-state index is 13.6. The van der Waals surface area contributed by atoms with E-state index >= 15 is 0 Å². The number of aromatic nitrogens is 2. The van der Waals surface area contributed by atoms with E-state index in [4.69, 9.17) is 19.7 Å². The Bertz CT molecular complexity index is 1380. The predicted octanol–water partition coefficient (Wildman–Crippen LogP) is 6.12. The van der Waals surface area contributed by atoms with Gasteiger partial charge in [-0.1, -0.05) is 41.3 Å². The van der Waals surface area contributed by atoms with Gasteiger partial charge >= 0.3 is 0 Å². The summed E-state index contributed by atoms with van der Waals surface area (Å²) in [6, 6.07) is 11.3. The highest BCUT2D eigenvalue weighted by Crippen LogP contribution is 2.34. The Labute approximate surface area is 219 Å². The van der Waals surface area contributed by atoms with E-state index in [2.05, 4.69) is 27.6 Å². The van der Waals surface area contributed by atoms with Crippen molar-refractivity contribution in [3.05, 3.63) is 74.8 Å². The van der Waals surface area contributed by atoms with E-state index in [-0.39, 0.29) is 18.1 Å². The van der Waals surface area contributed by atoms with Gasteiger partial charge in [0.25, 0.3) is 5.56 Å². The van der Waals surface area contributed by atoms with Crippen LogP contribution in [0.15, 0.2) is 57.4 Å². The van der Waals surface area contributed by atoms with Gasteiger partial charge in [-0.15, -0.1) is 6.58 Å². The third kappa shape index (κ3) is 5.68. The zero-order valence-electron chi connectivity index (χ0n) is 20.4. The zero-order chi connectivity index (χ0) is 25.5. The van der Waals surface area contributed by atoms with Crippen molar-refractivity contribution < 1.29 is 9.47 Å². The Morgan fingerprint density at radius 1 is 1.25 bits per heavy atom. The van der Waals surface area contributed by atoms with Gasteiger partial charge in [-0.2, -0.15) is 15.0 Å². The molecule has 8 heteroatoms. The van der Waals surface area contributed by atoms with Crippen molar-refractivity contribution in [1.29, 1.82) is 5.26 Å². The number of hydrogen-bond donors (Lipinski definition) is 0. The molecule has 4 rings (SSSR count). The van der Waals surface area contributed by atoms with Crippen LogP contribution in [0.25, 0.3) is 10.9 Å². The molecule has 0 radical (unpaired) electrons. The number of hydrogen-bond acceptors (Lipinski definition) is 6. The summed E-state index contributed by atoms with van der Waals surface area (Å²) in [5, 5.41) is 14.2. The lowest BCUT2D eigenvalue weighted by Gasteiger charge is -2.22. The minimum absolute atomic E-state index is 0.0872. The Morgan fingerprint density at radius 2 is 2.06 bits per heavy atom. The second-order valence-corrected chi connectivity index (χ2v) is 9.62. The van der Waals surface area contributed by atoms with E-state index in [1.165, 1.54) is 11.1 Å². The van der Waals surface area contributed by atoms with Crippen molar-refractivity contribution in [2.45, 2.75) is 51.4 Å². The van der Waals surface area contributed by atoms with Gasteiger partial charge in [0.05, 0.1) is 23.7 Å². The Hall–Kier alpha value is -3.44. The minimum Gasteiger partial charge on any atom is -0.490 e. The van der Waals surface area contributed by atoms with Crippen LogP contribution in [0.3, 0.4) is 0 Å². The molecule has 0 bridgehead atoms. The second kappa shape index (κ2) is 12.0. The van der Waals surface area contributed by atoms with Crippen molar-refractivity contribution in [2.24, 2.45) is 5.10 Å². The van der Waals surface area contributed by atoms with Gasteiger partial charge in [0, 0.05) is 16.0 Å². The SMILES string of the molecule is C=CCc1cc(C=Nn2c(C3CCCCC3)nc3ccc(Br)cc3c2=O)cc(OCC)c1OCC#N. The average molecular weight is 549 g/mol. The molecule has 2 aromatic carbocycles. The first kappa shape index (κ1) is 25.6. The highest BCUT2D eigenvalue weighted by molar-refractivity contribution is 9.10. The number of rotatable bonds is 9. The van der Waals surface area contributed by atoms with E-state index in [0.717, 1.165) is 41.3 Å². The maximum atomic E-state index is 13.6. The molecule has 1 saturated carbocycles. The van der Waals surface area contributed by atoms with Crippen molar-refractivity contribution in [3.63, 3.8) is 0 Å². The summed E-state index contributed by atoms with van der Waals surface area (Å²) < 4.78 is 13.8. The van der Waals surface area contributed by atoms with Crippen LogP contribution in [0, 0.1) is 11.3 Å². The number of fused-ring (bicyclic) bond motifs is 1. The topological polar surface area (TPSA) is 89.5 Å². The first-order valence-corrected chi connectivity index (χ1v) is 13.0. The molecule has 0 unspecified atom stereocenters. The molecule has 0 aliphatic heterocycles. The molecule has 1 fully saturated rings. The van der Waals surface area contributed by atoms with Crippen LogP contribution in [0.2, 0.25) is 0 Å². The van der Waals surface area contributed by atoms with Gasteiger partial charge in [0.1, 0.15) is 11.9 Å². The summed E-state index contributed by atoms with van der Waals surface area (Å²) in [5.74, 6) is 1.94. The van der Waals surface area contributed by atoms with Crippen molar-refractivity contribution >= 4 is 33.0 Å². The third-order valence-electron chi connectivity index (χ3n) is 6.23. The van der Waals surface area contributed by atoms with Crippen LogP contribution in [-0.4, -0.2) is 29.1 Å². The van der Waals surface area contributed by atoms with E-state index < -0.39 is 0 Å². The highest BCUT2D eigenvalue weighted by Gasteiger charge is 2.22. The normalized spacial score (nSPS) is 14.1. The van der Waals surface area contributed by atoms with Gasteiger partial charge in [0.15, 0.2) is 18.1 Å². The Morgan fingerprint density at radius 3 is 2.78 bits per heavy atom. The lowest BCUT2D eigenvalue weighted by molar-refractivity contribution is 0.297. The minimum atomic E-state index is -0.191. The third-order valence-corrected chi connectivity index (χ3v) is 6.72. The van der Waals surface area contributed by atoms with Crippen molar-refractivity contribution in [1.82, 2.24) is 9.66 Å². The van der Waals surface area contributed by atoms with Crippen LogP contribution in [0.5, 0.6) is 11.5 Å². The molecular formula is C28H29BrN4O3. The summed E-state index contributed by atoms with van der Waals surface area (Å²) >= 11 is 3.46. The molecule has 0 N–H and O–H groups in total. The fourth-order valence-corrected chi connectivity index (χ4v) is 4.98. The summed E-state index contributed by atoms with van der Waals surface area (Å²) in [6.07, 6.45) is 9.38. The number of ether oxygens (including phenoxy) is 2. The monoisotopic (exact) mass is 548 g/mol. The molecule has 7 nitrogen and oxygen atoms in total. The molecule has 186 valence electrons. The summed E-state index contributed by atoms with van der Waals surface area (Å²) in [7, 11) is 0. The second-order valence-electron chi connectivity index (χ2n) is 8.71. The molecule has 3 aromatic rings.